The standard InChI is InChI=1S/C13H18N4O/c1-11-7-13(18-2)8-12(16-11)9-14-3-5-17-6-4-15-10-17/h4,6-8,10,14H,3,5,9H2,1-2H3. The van der Waals surface area contributed by atoms with Crippen LogP contribution in [-0.4, -0.2) is 28.2 Å². The molecular formula is C13H18N4O. The first kappa shape index (κ1) is 12.6. The minimum absolute atomic E-state index is 0.743. The number of hydrogen-bond donors (Lipinski definition) is 1. The summed E-state index contributed by atoms with van der Waals surface area (Å²) in [6.45, 7) is 4.50. The molecule has 0 aliphatic carbocycles. The Bertz CT molecular complexity index is 482. The van der Waals surface area contributed by atoms with E-state index in [9.17, 15) is 0 Å². The van der Waals surface area contributed by atoms with Crippen LogP contribution in [0.4, 0.5) is 0 Å². The molecule has 18 heavy (non-hydrogen) atoms. The van der Waals surface area contributed by atoms with E-state index in [2.05, 4.69) is 15.3 Å². The maximum Gasteiger partial charge on any atom is 0.122 e. The average molecular weight is 246 g/mol. The van der Waals surface area contributed by atoms with Crippen molar-refractivity contribution in [3.8, 4) is 5.75 Å². The van der Waals surface area contributed by atoms with Crippen LogP contribution in [-0.2, 0) is 13.1 Å². The molecule has 2 heterocycles. The summed E-state index contributed by atoms with van der Waals surface area (Å²) < 4.78 is 7.26. The molecule has 0 spiro atoms. The molecule has 0 saturated carbocycles. The van der Waals surface area contributed by atoms with Crippen LogP contribution in [0.5, 0.6) is 5.75 Å². The molecule has 0 saturated heterocycles. The van der Waals surface area contributed by atoms with E-state index in [1.807, 2.05) is 36.1 Å². The van der Waals surface area contributed by atoms with Crippen LogP contribution in [0.1, 0.15) is 11.4 Å². The van der Waals surface area contributed by atoms with Crippen LogP contribution in [0.15, 0.2) is 30.9 Å². The largest absolute Gasteiger partial charge is 0.497 e. The Morgan fingerprint density at radius 2 is 2.28 bits per heavy atom. The predicted molar refractivity (Wildman–Crippen MR) is 69.5 cm³/mol. The number of pyridine rings is 1. The zero-order chi connectivity index (χ0) is 12.8. The lowest BCUT2D eigenvalue weighted by Gasteiger charge is -2.08. The number of nitrogens with one attached hydrogen (secondary N) is 1. The Morgan fingerprint density at radius 1 is 1.39 bits per heavy atom. The number of rotatable bonds is 6. The van der Waals surface area contributed by atoms with Gasteiger partial charge in [0, 0.05) is 49.9 Å². The maximum absolute atomic E-state index is 5.22. The van der Waals surface area contributed by atoms with Gasteiger partial charge in [0.05, 0.1) is 19.1 Å². The van der Waals surface area contributed by atoms with Gasteiger partial charge in [0.15, 0.2) is 0 Å². The van der Waals surface area contributed by atoms with Gasteiger partial charge in [-0.25, -0.2) is 4.98 Å². The topological polar surface area (TPSA) is 52.0 Å². The number of nitrogens with zero attached hydrogens (tertiary/aromatic N) is 3. The number of hydrogen-bond acceptors (Lipinski definition) is 4. The van der Waals surface area contributed by atoms with Gasteiger partial charge in [0.2, 0.25) is 0 Å². The molecule has 2 rings (SSSR count). The summed E-state index contributed by atoms with van der Waals surface area (Å²) in [5, 5.41) is 3.35. The fourth-order valence-corrected chi connectivity index (χ4v) is 1.75. The fraction of sp³-hybridized carbons (Fsp3) is 0.385. The van der Waals surface area contributed by atoms with Gasteiger partial charge in [-0.15, -0.1) is 0 Å². The highest BCUT2D eigenvalue weighted by molar-refractivity contribution is 5.26. The lowest BCUT2D eigenvalue weighted by Crippen LogP contribution is -2.19. The van der Waals surface area contributed by atoms with E-state index in [1.165, 1.54) is 0 Å². The molecular weight excluding hydrogens is 228 g/mol. The fourth-order valence-electron chi connectivity index (χ4n) is 1.75. The van der Waals surface area contributed by atoms with Gasteiger partial charge in [-0.3, -0.25) is 4.98 Å². The first-order valence-corrected chi connectivity index (χ1v) is 5.96. The molecule has 96 valence electrons. The lowest BCUT2D eigenvalue weighted by atomic mass is 10.3. The summed E-state index contributed by atoms with van der Waals surface area (Å²) in [4.78, 5) is 8.45. The molecule has 2 aromatic rings. The average Bonchev–Trinajstić information content (AvgIpc) is 2.87. The van der Waals surface area contributed by atoms with Gasteiger partial charge in [-0.2, -0.15) is 0 Å². The van der Waals surface area contributed by atoms with Crippen molar-refractivity contribution >= 4 is 0 Å². The van der Waals surface area contributed by atoms with Crippen molar-refractivity contribution in [3.63, 3.8) is 0 Å². The summed E-state index contributed by atoms with van der Waals surface area (Å²) in [5.74, 6) is 0.855. The zero-order valence-electron chi connectivity index (χ0n) is 10.8. The van der Waals surface area contributed by atoms with Crippen molar-refractivity contribution in [1.82, 2.24) is 19.9 Å². The number of imidazole rings is 1. The Hall–Kier alpha value is -1.88. The minimum atomic E-state index is 0.743. The monoisotopic (exact) mass is 246 g/mol. The van der Waals surface area contributed by atoms with Gasteiger partial charge in [0.1, 0.15) is 5.75 Å². The quantitative estimate of drug-likeness (QED) is 0.782. The van der Waals surface area contributed by atoms with Crippen LogP contribution in [0, 0.1) is 6.92 Å². The Kier molecular flexibility index (Phi) is 4.30. The van der Waals surface area contributed by atoms with Gasteiger partial charge >= 0.3 is 0 Å². The van der Waals surface area contributed by atoms with E-state index in [4.69, 9.17) is 4.74 Å². The van der Waals surface area contributed by atoms with Gasteiger partial charge in [-0.05, 0) is 6.92 Å². The van der Waals surface area contributed by atoms with Crippen LogP contribution in [0.2, 0.25) is 0 Å². The smallest absolute Gasteiger partial charge is 0.122 e. The third-order valence-electron chi connectivity index (χ3n) is 2.63. The molecule has 0 aromatic carbocycles. The molecule has 0 fully saturated rings. The van der Waals surface area contributed by atoms with Crippen molar-refractivity contribution in [2.24, 2.45) is 0 Å². The molecule has 0 unspecified atom stereocenters. The Morgan fingerprint density at radius 3 is 3.00 bits per heavy atom. The highest BCUT2D eigenvalue weighted by Crippen LogP contribution is 2.12. The van der Waals surface area contributed by atoms with Crippen LogP contribution >= 0.6 is 0 Å². The lowest BCUT2D eigenvalue weighted by molar-refractivity contribution is 0.412. The second kappa shape index (κ2) is 6.16. The molecule has 0 aliphatic heterocycles. The van der Waals surface area contributed by atoms with E-state index in [0.717, 1.165) is 36.8 Å². The van der Waals surface area contributed by atoms with Crippen molar-refractivity contribution in [2.75, 3.05) is 13.7 Å². The van der Waals surface area contributed by atoms with Crippen molar-refractivity contribution in [2.45, 2.75) is 20.0 Å². The molecule has 0 bridgehead atoms. The zero-order valence-corrected chi connectivity index (χ0v) is 10.8. The van der Waals surface area contributed by atoms with Crippen molar-refractivity contribution in [1.29, 1.82) is 0 Å². The van der Waals surface area contributed by atoms with E-state index in [1.54, 1.807) is 13.3 Å². The van der Waals surface area contributed by atoms with E-state index >= 15 is 0 Å². The molecule has 0 aliphatic rings. The van der Waals surface area contributed by atoms with E-state index in [-0.39, 0.29) is 0 Å². The third-order valence-corrected chi connectivity index (χ3v) is 2.63. The molecule has 2 aromatic heterocycles. The summed E-state index contributed by atoms with van der Waals surface area (Å²) in [7, 11) is 1.67. The summed E-state index contributed by atoms with van der Waals surface area (Å²) in [5.41, 5.74) is 1.97. The molecule has 1 N–H and O–H groups in total. The highest BCUT2D eigenvalue weighted by Gasteiger charge is 2.00. The van der Waals surface area contributed by atoms with Gasteiger partial charge in [0.25, 0.3) is 0 Å². The second-order valence-corrected chi connectivity index (χ2v) is 4.12. The number of ether oxygens (including phenoxy) is 1. The Labute approximate surface area is 107 Å². The van der Waals surface area contributed by atoms with E-state index in [0.29, 0.717) is 0 Å². The van der Waals surface area contributed by atoms with Gasteiger partial charge in [-0.1, -0.05) is 0 Å². The molecule has 5 heteroatoms. The predicted octanol–water partition coefficient (Wildman–Crippen LogP) is 1.38. The molecule has 0 radical (unpaired) electrons. The number of aromatic nitrogens is 3. The summed E-state index contributed by atoms with van der Waals surface area (Å²) >= 11 is 0. The first-order chi connectivity index (χ1) is 8.78. The third kappa shape index (κ3) is 3.56. The first-order valence-electron chi connectivity index (χ1n) is 5.96. The molecule has 5 nitrogen and oxygen atoms in total. The second-order valence-electron chi connectivity index (χ2n) is 4.12. The van der Waals surface area contributed by atoms with Gasteiger partial charge < -0.3 is 14.6 Å². The van der Waals surface area contributed by atoms with Crippen molar-refractivity contribution in [3.05, 3.63) is 42.2 Å². The van der Waals surface area contributed by atoms with Crippen LogP contribution in [0.3, 0.4) is 0 Å². The SMILES string of the molecule is COc1cc(C)nc(CNCCn2ccnc2)c1. The molecule has 0 amide bonds. The Balaban J connectivity index is 1.81. The van der Waals surface area contributed by atoms with Crippen molar-refractivity contribution < 1.29 is 4.74 Å². The summed E-state index contributed by atoms with van der Waals surface area (Å²) in [6.07, 6.45) is 5.55. The van der Waals surface area contributed by atoms with Crippen LogP contribution < -0.4 is 10.1 Å². The van der Waals surface area contributed by atoms with E-state index < -0.39 is 0 Å². The number of methoxy groups -OCH3 is 1. The normalized spacial score (nSPS) is 10.6. The molecule has 0 atom stereocenters. The van der Waals surface area contributed by atoms with Crippen LogP contribution in [0.25, 0.3) is 0 Å². The minimum Gasteiger partial charge on any atom is -0.497 e. The number of aryl methyl sites for hydroxylation is 1. The highest BCUT2D eigenvalue weighted by atomic mass is 16.5. The summed E-state index contributed by atoms with van der Waals surface area (Å²) in [6, 6.07) is 3.88. The maximum atomic E-state index is 5.22.